The number of hydrogen-bond donors (Lipinski definition) is 1. The Labute approximate surface area is 213 Å². The second-order valence-corrected chi connectivity index (χ2v) is 12.0. The first-order valence-electron chi connectivity index (χ1n) is 12.5. The number of nitrogens with zero attached hydrogens (tertiary/aromatic N) is 5. The van der Waals surface area contributed by atoms with Crippen molar-refractivity contribution in [3.8, 4) is 11.1 Å². The molecule has 0 aliphatic carbocycles. The minimum absolute atomic E-state index is 0.149. The molecule has 0 spiro atoms. The predicted octanol–water partition coefficient (Wildman–Crippen LogP) is 3.18. The smallest absolute Gasteiger partial charge is 0.260 e. The Kier molecular flexibility index (Phi) is 7.77. The van der Waals surface area contributed by atoms with Gasteiger partial charge in [-0.1, -0.05) is 6.07 Å². The second-order valence-electron chi connectivity index (χ2n) is 9.81. The average Bonchev–Trinajstić information content (AvgIpc) is 2.85. The van der Waals surface area contributed by atoms with Crippen LogP contribution >= 0.6 is 0 Å². The molecule has 9 nitrogen and oxygen atoms in total. The van der Waals surface area contributed by atoms with E-state index in [1.54, 1.807) is 35.0 Å². The van der Waals surface area contributed by atoms with Crippen molar-refractivity contribution in [3.05, 3.63) is 46.4 Å². The molecule has 4 rings (SSSR count). The standard InChI is InChI=1S/C26H36N6O3S/c1-6-32-24-20(17-28-26(29-24)27-12-9-19-10-13-31(5)14-11-19)15-23(25(32)33)22-16-21(8-7-18(22)2)36(34,35)30(3)4/h7-8,15-17,19H,6,9-14H2,1-5H3,(H,27,28,29). The molecule has 0 atom stereocenters. The van der Waals surface area contributed by atoms with E-state index < -0.39 is 10.0 Å². The number of fused-ring (bicyclic) bond motifs is 1. The van der Waals surface area contributed by atoms with Crippen LogP contribution in [0.1, 0.15) is 31.7 Å². The molecule has 3 aromatic rings. The van der Waals surface area contributed by atoms with E-state index in [4.69, 9.17) is 0 Å². The first-order valence-corrected chi connectivity index (χ1v) is 13.9. The van der Waals surface area contributed by atoms with E-state index in [0.717, 1.165) is 37.0 Å². The third kappa shape index (κ3) is 5.30. The number of pyridine rings is 1. The van der Waals surface area contributed by atoms with Crippen molar-refractivity contribution in [3.63, 3.8) is 0 Å². The predicted molar refractivity (Wildman–Crippen MR) is 144 cm³/mol. The van der Waals surface area contributed by atoms with E-state index in [1.807, 2.05) is 13.8 Å². The van der Waals surface area contributed by atoms with E-state index in [0.29, 0.717) is 35.2 Å². The van der Waals surface area contributed by atoms with E-state index >= 15 is 0 Å². The Morgan fingerprint density at radius 3 is 2.53 bits per heavy atom. The van der Waals surface area contributed by atoms with E-state index in [-0.39, 0.29) is 10.5 Å². The summed E-state index contributed by atoms with van der Waals surface area (Å²) < 4.78 is 28.2. The maximum Gasteiger partial charge on any atom is 0.260 e. The Hall–Kier alpha value is -2.82. The molecule has 10 heteroatoms. The lowest BCUT2D eigenvalue weighted by molar-refractivity contribution is 0.215. The van der Waals surface area contributed by atoms with Gasteiger partial charge in [0.25, 0.3) is 5.56 Å². The lowest BCUT2D eigenvalue weighted by Gasteiger charge is -2.28. The number of nitrogens with one attached hydrogen (secondary N) is 1. The summed E-state index contributed by atoms with van der Waals surface area (Å²) in [7, 11) is 1.52. The van der Waals surface area contributed by atoms with E-state index in [2.05, 4.69) is 27.2 Å². The van der Waals surface area contributed by atoms with Gasteiger partial charge in [-0.15, -0.1) is 0 Å². The average molecular weight is 513 g/mol. The number of sulfonamides is 1. The summed E-state index contributed by atoms with van der Waals surface area (Å²) in [6.45, 7) is 7.29. The van der Waals surface area contributed by atoms with Crippen LogP contribution in [0, 0.1) is 12.8 Å². The van der Waals surface area contributed by atoms with Gasteiger partial charge in [0.1, 0.15) is 5.65 Å². The Balaban J connectivity index is 1.65. The highest BCUT2D eigenvalue weighted by molar-refractivity contribution is 7.89. The Morgan fingerprint density at radius 1 is 1.14 bits per heavy atom. The number of aromatic nitrogens is 3. The lowest BCUT2D eigenvalue weighted by atomic mass is 9.94. The minimum atomic E-state index is -3.63. The Morgan fingerprint density at radius 2 is 1.86 bits per heavy atom. The first-order chi connectivity index (χ1) is 17.1. The van der Waals surface area contributed by atoms with Crippen LogP contribution in [-0.2, 0) is 16.6 Å². The van der Waals surface area contributed by atoms with Gasteiger partial charge in [0, 0.05) is 44.3 Å². The van der Waals surface area contributed by atoms with Gasteiger partial charge in [0.2, 0.25) is 16.0 Å². The molecule has 0 amide bonds. The normalized spacial score (nSPS) is 15.6. The zero-order chi connectivity index (χ0) is 26.0. The van der Waals surface area contributed by atoms with Gasteiger partial charge in [0.15, 0.2) is 0 Å². The molecular weight excluding hydrogens is 476 g/mol. The molecule has 3 heterocycles. The van der Waals surface area contributed by atoms with Crippen LogP contribution in [-0.4, -0.2) is 72.9 Å². The van der Waals surface area contributed by atoms with Crippen molar-refractivity contribution < 1.29 is 8.42 Å². The quantitative estimate of drug-likeness (QED) is 0.495. The van der Waals surface area contributed by atoms with Crippen molar-refractivity contribution >= 4 is 27.0 Å². The number of hydrogen-bond acceptors (Lipinski definition) is 7. The maximum atomic E-state index is 13.5. The largest absolute Gasteiger partial charge is 0.354 e. The summed E-state index contributed by atoms with van der Waals surface area (Å²) in [4.78, 5) is 25.2. The molecule has 0 unspecified atom stereocenters. The second kappa shape index (κ2) is 10.7. The molecule has 1 aliphatic rings. The summed E-state index contributed by atoms with van der Waals surface area (Å²) in [5.41, 5.74) is 2.21. The molecule has 1 fully saturated rings. The molecule has 1 aliphatic heterocycles. The van der Waals surface area contributed by atoms with Crippen LogP contribution < -0.4 is 10.9 Å². The molecule has 36 heavy (non-hydrogen) atoms. The zero-order valence-corrected chi connectivity index (χ0v) is 22.6. The van der Waals surface area contributed by atoms with Crippen LogP contribution in [0.3, 0.4) is 0 Å². The number of benzene rings is 1. The SMILES string of the molecule is CCn1c(=O)c(-c2cc(S(=O)(=O)N(C)C)ccc2C)cc2cnc(NCCC3CCN(C)CC3)nc21. The molecular formula is C26H36N6O3S. The van der Waals surface area contributed by atoms with E-state index in [1.165, 1.54) is 31.2 Å². The third-order valence-electron chi connectivity index (χ3n) is 7.09. The van der Waals surface area contributed by atoms with Gasteiger partial charge < -0.3 is 10.2 Å². The Bertz CT molecular complexity index is 1410. The van der Waals surface area contributed by atoms with Gasteiger partial charge in [-0.3, -0.25) is 9.36 Å². The van der Waals surface area contributed by atoms with Crippen LogP contribution in [0.25, 0.3) is 22.2 Å². The van der Waals surface area contributed by atoms with Crippen LogP contribution in [0.4, 0.5) is 5.95 Å². The highest BCUT2D eigenvalue weighted by Crippen LogP contribution is 2.27. The number of aryl methyl sites for hydroxylation is 2. The number of likely N-dealkylation sites (tertiary alicyclic amines) is 1. The lowest BCUT2D eigenvalue weighted by Crippen LogP contribution is -2.31. The molecule has 0 bridgehead atoms. The van der Waals surface area contributed by atoms with Crippen molar-refractivity contribution in [2.45, 2.75) is 44.6 Å². The summed E-state index contributed by atoms with van der Waals surface area (Å²) in [5.74, 6) is 1.22. The van der Waals surface area contributed by atoms with Gasteiger partial charge in [-0.25, -0.2) is 17.7 Å². The van der Waals surface area contributed by atoms with Crippen molar-refractivity contribution in [2.75, 3.05) is 46.1 Å². The van der Waals surface area contributed by atoms with Crippen LogP contribution in [0.5, 0.6) is 0 Å². The van der Waals surface area contributed by atoms with Gasteiger partial charge in [0.05, 0.1) is 4.90 Å². The highest BCUT2D eigenvalue weighted by Gasteiger charge is 2.21. The summed E-state index contributed by atoms with van der Waals surface area (Å²) in [6.07, 6.45) is 5.22. The number of piperidine rings is 1. The number of rotatable bonds is 8. The fraction of sp³-hybridized carbons (Fsp3) is 0.500. The number of anilines is 1. The topological polar surface area (TPSA) is 100 Å². The van der Waals surface area contributed by atoms with Crippen LogP contribution in [0.2, 0.25) is 0 Å². The summed E-state index contributed by atoms with van der Waals surface area (Å²) >= 11 is 0. The summed E-state index contributed by atoms with van der Waals surface area (Å²) in [6, 6.07) is 6.65. The van der Waals surface area contributed by atoms with Crippen molar-refractivity contribution in [2.24, 2.45) is 5.92 Å². The van der Waals surface area contributed by atoms with Crippen molar-refractivity contribution in [1.29, 1.82) is 0 Å². The maximum absolute atomic E-state index is 13.5. The van der Waals surface area contributed by atoms with Gasteiger partial charge in [-0.2, -0.15) is 4.98 Å². The van der Waals surface area contributed by atoms with Gasteiger partial charge in [-0.05, 0) is 88.5 Å². The molecule has 194 valence electrons. The first kappa shape index (κ1) is 26.2. The van der Waals surface area contributed by atoms with Crippen LogP contribution in [0.15, 0.2) is 40.2 Å². The molecule has 1 aromatic carbocycles. The monoisotopic (exact) mass is 512 g/mol. The fourth-order valence-corrected chi connectivity index (χ4v) is 5.66. The molecule has 1 N–H and O–H groups in total. The molecule has 0 saturated carbocycles. The van der Waals surface area contributed by atoms with Gasteiger partial charge >= 0.3 is 0 Å². The highest BCUT2D eigenvalue weighted by atomic mass is 32.2. The third-order valence-corrected chi connectivity index (χ3v) is 8.91. The zero-order valence-electron chi connectivity index (χ0n) is 21.8. The molecule has 1 saturated heterocycles. The molecule has 2 aromatic heterocycles. The van der Waals surface area contributed by atoms with E-state index in [9.17, 15) is 13.2 Å². The molecule has 0 radical (unpaired) electrons. The fourth-order valence-electron chi connectivity index (χ4n) is 4.73. The van der Waals surface area contributed by atoms with Crippen molar-refractivity contribution in [1.82, 2.24) is 23.7 Å². The minimum Gasteiger partial charge on any atom is -0.354 e. The summed E-state index contributed by atoms with van der Waals surface area (Å²) in [5, 5.41) is 4.06.